The maximum atomic E-state index is 12.0. The Bertz CT molecular complexity index is 853. The van der Waals surface area contributed by atoms with E-state index in [1.54, 1.807) is 7.05 Å². The number of benzene rings is 1. The number of hydrogen-bond acceptors (Lipinski definition) is 4. The molecule has 0 saturated heterocycles. The normalized spacial score (nSPS) is 13.2. The summed E-state index contributed by atoms with van der Waals surface area (Å²) in [5, 5.41) is 9.60. The number of imidazole rings is 1. The molecule has 30 heavy (non-hydrogen) atoms. The van der Waals surface area contributed by atoms with Crippen LogP contribution in [0.15, 0.2) is 29.3 Å². The van der Waals surface area contributed by atoms with Crippen LogP contribution in [0.3, 0.4) is 0 Å². The van der Waals surface area contributed by atoms with Gasteiger partial charge in [0.2, 0.25) is 0 Å². The Labute approximate surface area is 179 Å². The van der Waals surface area contributed by atoms with Gasteiger partial charge in [-0.1, -0.05) is 31.9 Å². The first-order valence-electron chi connectivity index (χ1n) is 10.6. The van der Waals surface area contributed by atoms with Gasteiger partial charge in [0, 0.05) is 26.7 Å². The number of para-hydroxylation sites is 2. The summed E-state index contributed by atoms with van der Waals surface area (Å²) >= 11 is 0. The minimum Gasteiger partial charge on any atom is -0.444 e. The molecule has 3 N–H and O–H groups in total. The number of fused-ring (bicyclic) bond motifs is 1. The van der Waals surface area contributed by atoms with Crippen molar-refractivity contribution < 1.29 is 9.53 Å². The number of aromatic nitrogens is 2. The summed E-state index contributed by atoms with van der Waals surface area (Å²) < 4.78 is 7.41. The van der Waals surface area contributed by atoms with E-state index in [9.17, 15) is 4.79 Å². The predicted molar refractivity (Wildman–Crippen MR) is 122 cm³/mol. The van der Waals surface area contributed by atoms with E-state index in [1.165, 1.54) is 0 Å². The number of aryl methyl sites for hydroxylation is 1. The van der Waals surface area contributed by atoms with Gasteiger partial charge in [-0.05, 0) is 39.3 Å². The van der Waals surface area contributed by atoms with Crippen LogP contribution in [0, 0.1) is 0 Å². The summed E-state index contributed by atoms with van der Waals surface area (Å²) in [5.74, 6) is 1.60. The molecule has 0 aliphatic carbocycles. The van der Waals surface area contributed by atoms with Crippen molar-refractivity contribution in [3.63, 3.8) is 0 Å². The van der Waals surface area contributed by atoms with Crippen LogP contribution < -0.4 is 16.0 Å². The number of rotatable bonds is 8. The summed E-state index contributed by atoms with van der Waals surface area (Å²) in [6.07, 6.45) is 2.64. The zero-order valence-corrected chi connectivity index (χ0v) is 19.1. The first-order chi connectivity index (χ1) is 14.2. The fourth-order valence-corrected chi connectivity index (χ4v) is 3.10. The number of nitrogens with one attached hydrogen (secondary N) is 3. The molecule has 0 saturated carbocycles. The smallest absolute Gasteiger partial charge is 0.407 e. The molecule has 8 heteroatoms. The van der Waals surface area contributed by atoms with Crippen molar-refractivity contribution in [3.8, 4) is 0 Å². The van der Waals surface area contributed by atoms with Gasteiger partial charge in [0.05, 0.1) is 17.6 Å². The van der Waals surface area contributed by atoms with E-state index in [0.29, 0.717) is 19.0 Å². The average Bonchev–Trinajstić information content (AvgIpc) is 3.01. The van der Waals surface area contributed by atoms with E-state index in [2.05, 4.69) is 43.5 Å². The summed E-state index contributed by atoms with van der Waals surface area (Å²) in [6.45, 7) is 8.72. The molecule has 0 aliphatic heterocycles. The molecule has 2 aromatic rings. The van der Waals surface area contributed by atoms with Crippen molar-refractivity contribution in [1.29, 1.82) is 0 Å². The topological polar surface area (TPSA) is 92.6 Å². The third-order valence-corrected chi connectivity index (χ3v) is 4.66. The predicted octanol–water partition coefficient (Wildman–Crippen LogP) is 3.32. The molecule has 1 aromatic heterocycles. The van der Waals surface area contributed by atoms with Gasteiger partial charge in [0.15, 0.2) is 5.96 Å². The number of amides is 1. The minimum atomic E-state index is -0.514. The Morgan fingerprint density at radius 1 is 1.27 bits per heavy atom. The van der Waals surface area contributed by atoms with Gasteiger partial charge in [0.1, 0.15) is 11.4 Å². The van der Waals surface area contributed by atoms with Gasteiger partial charge >= 0.3 is 6.09 Å². The number of nitrogens with zero attached hydrogens (tertiary/aromatic N) is 3. The molecule has 0 spiro atoms. The Balaban J connectivity index is 1.95. The van der Waals surface area contributed by atoms with E-state index in [0.717, 1.165) is 36.1 Å². The summed E-state index contributed by atoms with van der Waals surface area (Å²) in [7, 11) is 3.75. The summed E-state index contributed by atoms with van der Waals surface area (Å²) in [4.78, 5) is 21.0. The van der Waals surface area contributed by atoms with Crippen LogP contribution in [-0.4, -0.2) is 46.8 Å². The molecular formula is C22H36N6O2. The Hall–Kier alpha value is -2.77. The third-order valence-electron chi connectivity index (χ3n) is 4.66. The number of alkyl carbamates (subject to hydrolysis) is 1. The second-order valence-electron chi connectivity index (χ2n) is 8.37. The zero-order chi connectivity index (χ0) is 22.1. The fraction of sp³-hybridized carbons (Fsp3) is 0.591. The van der Waals surface area contributed by atoms with Crippen LogP contribution in [0.4, 0.5) is 4.79 Å². The largest absolute Gasteiger partial charge is 0.444 e. The van der Waals surface area contributed by atoms with Crippen LogP contribution in [0.25, 0.3) is 11.0 Å². The van der Waals surface area contributed by atoms with Crippen LogP contribution >= 0.6 is 0 Å². The molecule has 1 atom stereocenters. The quantitative estimate of drug-likeness (QED) is 0.453. The second kappa shape index (κ2) is 10.8. The van der Waals surface area contributed by atoms with Crippen LogP contribution in [-0.2, 0) is 18.3 Å². The molecular weight excluding hydrogens is 380 g/mol. The van der Waals surface area contributed by atoms with Crippen LogP contribution in [0.5, 0.6) is 0 Å². The summed E-state index contributed by atoms with van der Waals surface area (Å²) in [6, 6.07) is 8.11. The van der Waals surface area contributed by atoms with Gasteiger partial charge in [-0.25, -0.2) is 9.78 Å². The molecule has 2 rings (SSSR count). The highest BCUT2D eigenvalue weighted by Crippen LogP contribution is 2.14. The van der Waals surface area contributed by atoms with Gasteiger partial charge in [0.25, 0.3) is 0 Å². The molecule has 1 unspecified atom stereocenters. The Kier molecular flexibility index (Phi) is 8.50. The first kappa shape index (κ1) is 23.5. The summed E-state index contributed by atoms with van der Waals surface area (Å²) in [5.41, 5.74) is 1.56. The Morgan fingerprint density at radius 3 is 2.63 bits per heavy atom. The maximum absolute atomic E-state index is 12.0. The molecule has 0 bridgehead atoms. The third kappa shape index (κ3) is 7.24. The molecule has 1 aromatic carbocycles. The number of unbranched alkanes of at least 4 members (excludes halogenated alkanes) is 1. The standard InChI is InChI=1S/C22H36N6O2/c1-7-8-11-16(14-25-21(29)30-22(2,3)4)26-20(23-5)24-15-19-27-17-12-9-10-13-18(17)28(19)6/h9-10,12-13,16H,7-8,11,14-15H2,1-6H3,(H,25,29)(H2,23,24,26). The van der Waals surface area contributed by atoms with Gasteiger partial charge in [-0.15, -0.1) is 0 Å². The van der Waals surface area contributed by atoms with E-state index in [4.69, 9.17) is 4.74 Å². The van der Waals surface area contributed by atoms with E-state index >= 15 is 0 Å². The number of hydrogen-bond donors (Lipinski definition) is 3. The second-order valence-corrected chi connectivity index (χ2v) is 8.37. The molecule has 166 valence electrons. The molecule has 0 fully saturated rings. The highest BCUT2D eigenvalue weighted by molar-refractivity contribution is 5.80. The van der Waals surface area contributed by atoms with Gasteiger partial charge in [-0.3, -0.25) is 4.99 Å². The minimum absolute atomic E-state index is 0.0455. The molecule has 1 heterocycles. The maximum Gasteiger partial charge on any atom is 0.407 e. The van der Waals surface area contributed by atoms with Gasteiger partial charge in [-0.2, -0.15) is 0 Å². The number of carbonyl (C=O) groups is 1. The fourth-order valence-electron chi connectivity index (χ4n) is 3.10. The molecule has 0 radical (unpaired) electrons. The molecule has 1 amide bonds. The van der Waals surface area contributed by atoms with Crippen molar-refractivity contribution in [2.24, 2.45) is 12.0 Å². The SMILES string of the molecule is CCCCC(CNC(=O)OC(C)(C)C)NC(=NC)NCc1nc2ccccc2n1C. The Morgan fingerprint density at radius 2 is 2.00 bits per heavy atom. The monoisotopic (exact) mass is 416 g/mol. The van der Waals surface area contributed by atoms with Crippen LogP contribution in [0.2, 0.25) is 0 Å². The van der Waals surface area contributed by atoms with Crippen LogP contribution in [0.1, 0.15) is 52.8 Å². The highest BCUT2D eigenvalue weighted by Gasteiger charge is 2.18. The lowest BCUT2D eigenvalue weighted by Gasteiger charge is -2.24. The van der Waals surface area contributed by atoms with Crippen molar-refractivity contribution in [2.75, 3.05) is 13.6 Å². The lowest BCUT2D eigenvalue weighted by molar-refractivity contribution is 0.0523. The van der Waals surface area contributed by atoms with Gasteiger partial charge < -0.3 is 25.3 Å². The molecule has 0 aliphatic rings. The van der Waals surface area contributed by atoms with Crippen molar-refractivity contribution in [2.45, 2.75) is 65.1 Å². The molecule has 8 nitrogen and oxygen atoms in total. The first-order valence-corrected chi connectivity index (χ1v) is 10.6. The van der Waals surface area contributed by atoms with E-state index in [-0.39, 0.29) is 6.04 Å². The number of guanidine groups is 1. The van der Waals surface area contributed by atoms with Crippen molar-refractivity contribution in [3.05, 3.63) is 30.1 Å². The van der Waals surface area contributed by atoms with E-state index < -0.39 is 11.7 Å². The van der Waals surface area contributed by atoms with Crippen molar-refractivity contribution >= 4 is 23.1 Å². The lowest BCUT2D eigenvalue weighted by Crippen LogP contribution is -2.49. The average molecular weight is 417 g/mol. The lowest BCUT2D eigenvalue weighted by atomic mass is 10.1. The van der Waals surface area contributed by atoms with Crippen molar-refractivity contribution in [1.82, 2.24) is 25.5 Å². The number of ether oxygens (including phenoxy) is 1. The highest BCUT2D eigenvalue weighted by atomic mass is 16.6. The zero-order valence-electron chi connectivity index (χ0n) is 19.1. The van der Waals surface area contributed by atoms with E-state index in [1.807, 2.05) is 46.0 Å². The number of carbonyl (C=O) groups excluding carboxylic acids is 1. The number of aliphatic imine (C=N–C) groups is 1.